The van der Waals surface area contributed by atoms with Crippen LogP contribution < -0.4 is 4.90 Å². The zero-order valence-electron chi connectivity index (χ0n) is 16.4. The highest BCUT2D eigenvalue weighted by molar-refractivity contribution is 7.90. The van der Waals surface area contributed by atoms with E-state index in [1.54, 1.807) is 23.1 Å². The third-order valence-electron chi connectivity index (χ3n) is 4.33. The third-order valence-corrected chi connectivity index (χ3v) is 6.74. The molecule has 3 aromatic rings. The fourth-order valence-electron chi connectivity index (χ4n) is 2.83. The summed E-state index contributed by atoms with van der Waals surface area (Å²) >= 11 is 7.49. The Hall–Kier alpha value is -2.00. The molecule has 0 aliphatic carbocycles. The van der Waals surface area contributed by atoms with Crippen molar-refractivity contribution in [1.82, 2.24) is 9.88 Å². The number of thiazole rings is 1. The molecular weight excluding hydrogens is 430 g/mol. The number of benzene rings is 2. The molecule has 9 heteroatoms. The molecule has 1 aromatic heterocycles. The van der Waals surface area contributed by atoms with Gasteiger partial charge in [-0.3, -0.25) is 9.69 Å². The van der Waals surface area contributed by atoms with Crippen molar-refractivity contribution in [2.24, 2.45) is 0 Å². The molecule has 3 rings (SSSR count). The highest BCUT2D eigenvalue weighted by atomic mass is 35.5. The molecule has 1 amide bonds. The molecule has 0 unspecified atom stereocenters. The Morgan fingerprint density at radius 1 is 1.10 bits per heavy atom. The fraction of sp³-hybridized carbons (Fsp3) is 0.300. The second-order valence-electron chi connectivity index (χ2n) is 7.02. The first-order valence-electron chi connectivity index (χ1n) is 8.98. The van der Waals surface area contributed by atoms with Gasteiger partial charge in [0.25, 0.3) is 5.91 Å². The van der Waals surface area contributed by atoms with Gasteiger partial charge in [0.15, 0.2) is 15.0 Å². The molecule has 0 spiro atoms. The number of nitrogens with zero attached hydrogens (tertiary/aromatic N) is 3. The number of hydrogen-bond acceptors (Lipinski definition) is 6. The van der Waals surface area contributed by atoms with Crippen LogP contribution in [0, 0.1) is 0 Å². The molecular formula is C20H22ClN3O3S2. The van der Waals surface area contributed by atoms with Crippen molar-refractivity contribution in [2.45, 2.75) is 11.3 Å². The molecule has 6 nitrogen and oxygen atoms in total. The van der Waals surface area contributed by atoms with Crippen molar-refractivity contribution in [3.8, 4) is 0 Å². The lowest BCUT2D eigenvalue weighted by Gasteiger charge is -2.21. The Kier molecular flexibility index (Phi) is 6.58. The lowest BCUT2D eigenvalue weighted by molar-refractivity contribution is 0.0986. The molecule has 0 aliphatic heterocycles. The number of amides is 1. The van der Waals surface area contributed by atoms with Gasteiger partial charge in [-0.15, -0.1) is 0 Å². The van der Waals surface area contributed by atoms with Gasteiger partial charge in [-0.05, 0) is 69.5 Å². The van der Waals surface area contributed by atoms with Gasteiger partial charge in [0.05, 0.1) is 15.1 Å². The summed E-state index contributed by atoms with van der Waals surface area (Å²) in [6.45, 7) is 1.33. The number of aromatic nitrogens is 1. The Morgan fingerprint density at radius 2 is 1.79 bits per heavy atom. The van der Waals surface area contributed by atoms with E-state index < -0.39 is 9.84 Å². The summed E-state index contributed by atoms with van der Waals surface area (Å²) in [5, 5.41) is 1.22. The van der Waals surface area contributed by atoms with Gasteiger partial charge in [0.2, 0.25) is 0 Å². The standard InChI is InChI=1S/C20H22ClN3O3S2/c1-23(2)11-4-12-24(20-22-17-10-7-15(21)13-18(17)28-20)19(25)14-5-8-16(9-6-14)29(3,26)27/h5-10,13H,4,11-12H2,1-3H3. The maximum absolute atomic E-state index is 13.2. The topological polar surface area (TPSA) is 70.6 Å². The van der Waals surface area contributed by atoms with Crippen LogP contribution in [-0.4, -0.2) is 57.6 Å². The van der Waals surface area contributed by atoms with Crippen LogP contribution in [0.25, 0.3) is 10.2 Å². The van der Waals surface area contributed by atoms with E-state index in [4.69, 9.17) is 11.6 Å². The summed E-state index contributed by atoms with van der Waals surface area (Å²) in [5.41, 5.74) is 1.20. The van der Waals surface area contributed by atoms with Crippen LogP contribution in [-0.2, 0) is 9.84 Å². The van der Waals surface area contributed by atoms with E-state index in [2.05, 4.69) is 9.88 Å². The number of carbonyl (C=O) groups is 1. The van der Waals surface area contributed by atoms with Crippen LogP contribution in [0.1, 0.15) is 16.8 Å². The number of carbonyl (C=O) groups excluding carboxylic acids is 1. The smallest absolute Gasteiger partial charge is 0.260 e. The van der Waals surface area contributed by atoms with Gasteiger partial charge >= 0.3 is 0 Å². The van der Waals surface area contributed by atoms with E-state index in [0.717, 1.165) is 29.4 Å². The minimum atomic E-state index is -3.32. The summed E-state index contributed by atoms with van der Waals surface area (Å²) in [7, 11) is 0.648. The van der Waals surface area contributed by atoms with Crippen molar-refractivity contribution >= 4 is 54.0 Å². The molecule has 29 heavy (non-hydrogen) atoms. The number of halogens is 1. The van der Waals surface area contributed by atoms with Crippen LogP contribution >= 0.6 is 22.9 Å². The molecule has 0 aliphatic rings. The molecule has 0 bridgehead atoms. The Bertz CT molecular complexity index is 1130. The number of fused-ring (bicyclic) bond motifs is 1. The van der Waals surface area contributed by atoms with Crippen LogP contribution in [0.4, 0.5) is 5.13 Å². The van der Waals surface area contributed by atoms with Crippen LogP contribution in [0.2, 0.25) is 5.02 Å². The lowest BCUT2D eigenvalue weighted by atomic mass is 10.2. The third kappa shape index (κ3) is 5.33. The van der Waals surface area contributed by atoms with Crippen molar-refractivity contribution < 1.29 is 13.2 Å². The van der Waals surface area contributed by atoms with Crippen molar-refractivity contribution in [3.63, 3.8) is 0 Å². The molecule has 2 aromatic carbocycles. The van der Waals surface area contributed by atoms with E-state index in [0.29, 0.717) is 22.3 Å². The molecule has 1 heterocycles. The predicted molar refractivity (Wildman–Crippen MR) is 119 cm³/mol. The monoisotopic (exact) mass is 451 g/mol. The average molecular weight is 452 g/mol. The van der Waals surface area contributed by atoms with Crippen molar-refractivity contribution in [2.75, 3.05) is 38.3 Å². The maximum atomic E-state index is 13.2. The van der Waals surface area contributed by atoms with Gasteiger partial charge in [-0.25, -0.2) is 13.4 Å². The quantitative estimate of drug-likeness (QED) is 0.544. The predicted octanol–water partition coefficient (Wildman–Crippen LogP) is 3.95. The number of rotatable bonds is 7. The zero-order valence-corrected chi connectivity index (χ0v) is 18.8. The first-order valence-corrected chi connectivity index (χ1v) is 12.1. The lowest BCUT2D eigenvalue weighted by Crippen LogP contribution is -2.33. The second kappa shape index (κ2) is 8.79. The average Bonchev–Trinajstić information content (AvgIpc) is 3.06. The Morgan fingerprint density at radius 3 is 2.41 bits per heavy atom. The normalized spacial score (nSPS) is 11.9. The van der Waals surface area contributed by atoms with Crippen LogP contribution in [0.15, 0.2) is 47.4 Å². The number of sulfone groups is 1. The van der Waals surface area contributed by atoms with E-state index in [1.165, 1.54) is 23.5 Å². The fourth-order valence-corrected chi connectivity index (χ4v) is 4.73. The summed E-state index contributed by atoms with van der Waals surface area (Å²) < 4.78 is 24.3. The summed E-state index contributed by atoms with van der Waals surface area (Å²) in [4.78, 5) is 21.7. The second-order valence-corrected chi connectivity index (χ2v) is 10.5. The summed E-state index contributed by atoms with van der Waals surface area (Å²) in [6, 6.07) is 11.4. The molecule has 154 valence electrons. The van der Waals surface area contributed by atoms with Gasteiger partial charge in [0.1, 0.15) is 0 Å². The van der Waals surface area contributed by atoms with E-state index in [9.17, 15) is 13.2 Å². The summed E-state index contributed by atoms with van der Waals surface area (Å²) in [6.07, 6.45) is 1.92. The molecule has 0 saturated carbocycles. The van der Waals surface area contributed by atoms with Gasteiger partial charge in [0, 0.05) is 23.4 Å². The van der Waals surface area contributed by atoms with E-state index >= 15 is 0 Å². The van der Waals surface area contributed by atoms with Gasteiger partial charge < -0.3 is 4.90 Å². The molecule has 0 radical (unpaired) electrons. The minimum absolute atomic E-state index is 0.183. The highest BCUT2D eigenvalue weighted by Gasteiger charge is 2.22. The highest BCUT2D eigenvalue weighted by Crippen LogP contribution is 2.31. The maximum Gasteiger partial charge on any atom is 0.260 e. The number of anilines is 1. The Balaban J connectivity index is 1.94. The SMILES string of the molecule is CN(C)CCCN(C(=O)c1ccc(S(C)(=O)=O)cc1)c1nc2ccc(Cl)cc2s1. The molecule has 0 atom stereocenters. The van der Waals surface area contributed by atoms with Crippen LogP contribution in [0.3, 0.4) is 0 Å². The minimum Gasteiger partial charge on any atom is -0.309 e. The molecule has 0 fully saturated rings. The van der Waals surface area contributed by atoms with Crippen molar-refractivity contribution in [3.05, 3.63) is 53.1 Å². The Labute approximate surface area is 179 Å². The largest absolute Gasteiger partial charge is 0.309 e. The van der Waals surface area contributed by atoms with Crippen molar-refractivity contribution in [1.29, 1.82) is 0 Å². The van der Waals surface area contributed by atoms with Gasteiger partial charge in [-0.1, -0.05) is 22.9 Å². The first-order chi connectivity index (χ1) is 13.6. The molecule has 0 saturated heterocycles. The molecule has 0 N–H and O–H groups in total. The van der Waals surface area contributed by atoms with Gasteiger partial charge in [-0.2, -0.15) is 0 Å². The van der Waals surface area contributed by atoms with Crippen LogP contribution in [0.5, 0.6) is 0 Å². The summed E-state index contributed by atoms with van der Waals surface area (Å²) in [5.74, 6) is -0.214. The first kappa shape index (κ1) is 21.7. The van der Waals surface area contributed by atoms with E-state index in [-0.39, 0.29) is 10.8 Å². The number of hydrogen-bond donors (Lipinski definition) is 0. The zero-order chi connectivity index (χ0) is 21.2. The van der Waals surface area contributed by atoms with E-state index in [1.807, 2.05) is 26.2 Å².